The van der Waals surface area contributed by atoms with Crippen LogP contribution in [0.1, 0.15) is 12.0 Å². The number of anilines is 1. The number of hydrogen-bond donors (Lipinski definition) is 1. The van der Waals surface area contributed by atoms with Crippen molar-refractivity contribution in [1.29, 1.82) is 0 Å². The summed E-state index contributed by atoms with van der Waals surface area (Å²) < 4.78 is 0. The molecule has 0 radical (unpaired) electrons. The van der Waals surface area contributed by atoms with E-state index < -0.39 is 4.92 Å². The number of nitro groups is 1. The number of carbonyl (C=O) groups is 1. The van der Waals surface area contributed by atoms with Crippen LogP contribution in [0.5, 0.6) is 0 Å². The summed E-state index contributed by atoms with van der Waals surface area (Å²) in [6.07, 6.45) is 0.380. The Labute approximate surface area is 104 Å². The molecule has 0 aromatic heterocycles. The first-order valence-corrected chi connectivity index (χ1v) is 5.73. The molecule has 1 aromatic rings. The number of nitrogens with zero attached hydrogens (tertiary/aromatic N) is 2. The molecule has 1 aromatic carbocycles. The van der Waals surface area contributed by atoms with Crippen molar-refractivity contribution in [3.8, 4) is 0 Å². The van der Waals surface area contributed by atoms with Crippen molar-refractivity contribution in [2.45, 2.75) is 18.6 Å². The third-order valence-electron chi connectivity index (χ3n) is 2.67. The minimum atomic E-state index is -0.449. The van der Waals surface area contributed by atoms with Crippen LogP contribution in [0.2, 0.25) is 0 Å². The van der Waals surface area contributed by atoms with Crippen molar-refractivity contribution in [3.05, 3.63) is 33.9 Å². The van der Waals surface area contributed by atoms with Gasteiger partial charge >= 0.3 is 0 Å². The van der Waals surface area contributed by atoms with Crippen LogP contribution in [-0.2, 0) is 4.79 Å². The molecule has 6 heteroatoms. The van der Waals surface area contributed by atoms with Gasteiger partial charge in [-0.3, -0.25) is 14.9 Å². The molecule has 1 saturated heterocycles. The van der Waals surface area contributed by atoms with E-state index in [-0.39, 0.29) is 16.8 Å². The average Bonchev–Trinajstić information content (AvgIpc) is 2.57. The third kappa shape index (κ3) is 2.41. The smallest absolute Gasteiger partial charge is 0.271 e. The molecular formula is C11H12N2O3S. The first-order valence-electron chi connectivity index (χ1n) is 5.22. The molecule has 1 atom stereocenters. The summed E-state index contributed by atoms with van der Waals surface area (Å²) in [5, 5.41) is 10.8. The second kappa shape index (κ2) is 4.37. The minimum Gasteiger partial charge on any atom is -0.311 e. The highest BCUT2D eigenvalue weighted by atomic mass is 32.1. The van der Waals surface area contributed by atoms with Gasteiger partial charge in [-0.15, -0.1) is 0 Å². The SMILES string of the molecule is Cc1cc(N2CC(S)CC2=O)cc([N+](=O)[O-])c1. The number of nitro benzene ring substituents is 1. The molecule has 1 aliphatic rings. The fraction of sp³-hybridized carbons (Fsp3) is 0.364. The molecule has 2 rings (SSSR count). The maximum absolute atomic E-state index is 11.7. The van der Waals surface area contributed by atoms with Gasteiger partial charge in [0.2, 0.25) is 5.91 Å². The summed E-state index contributed by atoms with van der Waals surface area (Å²) in [5.74, 6) is -0.0371. The van der Waals surface area contributed by atoms with Gasteiger partial charge in [0, 0.05) is 30.3 Å². The van der Waals surface area contributed by atoms with Gasteiger partial charge in [0.05, 0.1) is 10.6 Å². The molecule has 1 amide bonds. The Hall–Kier alpha value is -1.56. The number of carbonyl (C=O) groups excluding carboxylic acids is 1. The standard InChI is InChI=1S/C11H12N2O3S/c1-7-2-8(4-9(3-7)13(15)16)12-6-10(17)5-11(12)14/h2-4,10,17H,5-6H2,1H3. The van der Waals surface area contributed by atoms with Gasteiger partial charge in [-0.1, -0.05) is 0 Å². The van der Waals surface area contributed by atoms with E-state index in [1.807, 2.05) is 0 Å². The van der Waals surface area contributed by atoms with Crippen molar-refractivity contribution in [3.63, 3.8) is 0 Å². The quantitative estimate of drug-likeness (QED) is 0.497. The lowest BCUT2D eigenvalue weighted by Gasteiger charge is -2.16. The minimum absolute atomic E-state index is 0.00192. The van der Waals surface area contributed by atoms with Crippen LogP contribution in [0.3, 0.4) is 0 Å². The van der Waals surface area contributed by atoms with Crippen molar-refractivity contribution in [2.75, 3.05) is 11.4 Å². The maximum Gasteiger partial charge on any atom is 0.271 e. The van der Waals surface area contributed by atoms with Gasteiger partial charge in [-0.25, -0.2) is 0 Å². The molecule has 1 aliphatic heterocycles. The van der Waals surface area contributed by atoms with E-state index in [1.165, 1.54) is 12.1 Å². The van der Waals surface area contributed by atoms with Crippen LogP contribution in [0, 0.1) is 17.0 Å². The first kappa shape index (κ1) is 11.9. The Bertz CT molecular complexity index is 490. The van der Waals surface area contributed by atoms with Crippen LogP contribution in [0.25, 0.3) is 0 Å². The lowest BCUT2D eigenvalue weighted by atomic mass is 10.2. The summed E-state index contributed by atoms with van der Waals surface area (Å²) in [4.78, 5) is 23.5. The predicted molar refractivity (Wildman–Crippen MR) is 67.6 cm³/mol. The van der Waals surface area contributed by atoms with E-state index in [4.69, 9.17) is 0 Å². The van der Waals surface area contributed by atoms with Crippen LogP contribution >= 0.6 is 12.6 Å². The Morgan fingerprint density at radius 3 is 2.71 bits per heavy atom. The molecule has 0 bridgehead atoms. The summed E-state index contributed by atoms with van der Waals surface area (Å²) in [7, 11) is 0. The number of amides is 1. The Kier molecular flexibility index (Phi) is 3.06. The third-order valence-corrected chi connectivity index (χ3v) is 3.02. The predicted octanol–water partition coefficient (Wildman–Crippen LogP) is 1.94. The molecular weight excluding hydrogens is 240 g/mol. The second-order valence-electron chi connectivity index (χ2n) is 4.15. The number of thiol groups is 1. The molecule has 1 heterocycles. The maximum atomic E-state index is 11.7. The Morgan fingerprint density at radius 1 is 1.47 bits per heavy atom. The zero-order valence-electron chi connectivity index (χ0n) is 9.29. The average molecular weight is 252 g/mol. The van der Waals surface area contributed by atoms with Gasteiger partial charge in [0.15, 0.2) is 0 Å². The van der Waals surface area contributed by atoms with E-state index in [2.05, 4.69) is 12.6 Å². The van der Waals surface area contributed by atoms with Gasteiger partial charge in [0.1, 0.15) is 0 Å². The van der Waals surface area contributed by atoms with E-state index in [9.17, 15) is 14.9 Å². The lowest BCUT2D eigenvalue weighted by molar-refractivity contribution is -0.384. The van der Waals surface area contributed by atoms with Gasteiger partial charge in [-0.2, -0.15) is 12.6 Å². The summed E-state index contributed by atoms with van der Waals surface area (Å²) in [5.41, 5.74) is 1.36. The van der Waals surface area contributed by atoms with Crippen LogP contribution in [-0.4, -0.2) is 22.6 Å². The normalized spacial score (nSPS) is 19.8. The molecule has 0 saturated carbocycles. The number of hydrogen-bond acceptors (Lipinski definition) is 4. The molecule has 1 unspecified atom stereocenters. The van der Waals surface area contributed by atoms with Crippen LogP contribution in [0.4, 0.5) is 11.4 Å². The van der Waals surface area contributed by atoms with Crippen LogP contribution in [0.15, 0.2) is 18.2 Å². The van der Waals surface area contributed by atoms with Crippen LogP contribution < -0.4 is 4.90 Å². The zero-order valence-corrected chi connectivity index (χ0v) is 10.2. The molecule has 90 valence electrons. The van der Waals surface area contributed by atoms with Gasteiger partial charge in [0.25, 0.3) is 5.69 Å². The summed E-state index contributed by atoms with van der Waals surface area (Å²) in [6.45, 7) is 2.28. The lowest BCUT2D eigenvalue weighted by Crippen LogP contribution is -2.24. The topological polar surface area (TPSA) is 63.5 Å². The Morgan fingerprint density at radius 2 is 2.18 bits per heavy atom. The molecule has 17 heavy (non-hydrogen) atoms. The highest BCUT2D eigenvalue weighted by Crippen LogP contribution is 2.28. The molecule has 1 fully saturated rings. The number of rotatable bonds is 2. The number of non-ortho nitro benzene ring substituents is 1. The number of benzene rings is 1. The summed E-state index contributed by atoms with van der Waals surface area (Å²) in [6, 6.07) is 4.69. The van der Waals surface area contributed by atoms with E-state index in [0.29, 0.717) is 18.7 Å². The summed E-state index contributed by atoms with van der Waals surface area (Å²) >= 11 is 4.26. The first-order chi connectivity index (χ1) is 7.97. The largest absolute Gasteiger partial charge is 0.311 e. The second-order valence-corrected chi connectivity index (χ2v) is 4.88. The van der Waals surface area contributed by atoms with E-state index in [0.717, 1.165) is 5.56 Å². The fourth-order valence-corrected chi connectivity index (χ4v) is 2.26. The monoisotopic (exact) mass is 252 g/mol. The highest BCUT2D eigenvalue weighted by Gasteiger charge is 2.29. The van der Waals surface area contributed by atoms with E-state index in [1.54, 1.807) is 17.9 Å². The van der Waals surface area contributed by atoms with Crippen molar-refractivity contribution < 1.29 is 9.72 Å². The van der Waals surface area contributed by atoms with Gasteiger partial charge in [-0.05, 0) is 18.6 Å². The molecule has 0 aliphatic carbocycles. The number of aryl methyl sites for hydroxylation is 1. The molecule has 0 N–H and O–H groups in total. The molecule has 5 nitrogen and oxygen atoms in total. The van der Waals surface area contributed by atoms with Crippen molar-refractivity contribution in [2.24, 2.45) is 0 Å². The fourth-order valence-electron chi connectivity index (χ4n) is 1.94. The zero-order chi connectivity index (χ0) is 12.6. The van der Waals surface area contributed by atoms with Gasteiger partial charge < -0.3 is 4.90 Å². The highest BCUT2D eigenvalue weighted by molar-refractivity contribution is 7.81. The molecule has 0 spiro atoms. The Balaban J connectivity index is 2.39. The van der Waals surface area contributed by atoms with E-state index >= 15 is 0 Å². The van der Waals surface area contributed by atoms with Crippen molar-refractivity contribution >= 4 is 29.9 Å². The van der Waals surface area contributed by atoms with Crippen molar-refractivity contribution in [1.82, 2.24) is 0 Å².